The summed E-state index contributed by atoms with van der Waals surface area (Å²) in [5, 5.41) is 12.4. The highest BCUT2D eigenvalue weighted by Crippen LogP contribution is 2.24. The maximum atomic E-state index is 12.9. The van der Waals surface area contributed by atoms with Crippen molar-refractivity contribution in [3.8, 4) is 6.07 Å². The van der Waals surface area contributed by atoms with E-state index in [2.05, 4.69) is 16.4 Å². The number of nitrogens with one attached hydrogen (secondary N) is 1. The topological polar surface area (TPSA) is 65.8 Å². The second kappa shape index (κ2) is 8.28. The third kappa shape index (κ3) is 4.47. The number of hydrogen-bond acceptors (Lipinski definition) is 3. The minimum Gasteiger partial charge on any atom is -0.326 e. The van der Waals surface area contributed by atoms with Gasteiger partial charge in [-0.15, -0.1) is 0 Å². The van der Waals surface area contributed by atoms with E-state index in [9.17, 15) is 4.79 Å². The summed E-state index contributed by atoms with van der Waals surface area (Å²) in [5.41, 5.74) is 2.90. The van der Waals surface area contributed by atoms with Crippen LogP contribution in [0, 0.1) is 11.3 Å². The summed E-state index contributed by atoms with van der Waals surface area (Å²) < 4.78 is 0. The van der Waals surface area contributed by atoms with Crippen LogP contribution in [0.15, 0.2) is 72.9 Å². The zero-order valence-electron chi connectivity index (χ0n) is 13.9. The Balaban J connectivity index is 1.84. The highest BCUT2D eigenvalue weighted by molar-refractivity contribution is 6.30. The number of amides is 1. The number of benzene rings is 2. The zero-order chi connectivity index (χ0) is 18.4. The van der Waals surface area contributed by atoms with Gasteiger partial charge in [0.2, 0.25) is 5.91 Å². The number of aromatic nitrogens is 1. The number of hydrogen-bond donors (Lipinski definition) is 1. The lowest BCUT2D eigenvalue weighted by Gasteiger charge is -2.17. The second-order valence-electron chi connectivity index (χ2n) is 5.81. The van der Waals surface area contributed by atoms with Crippen molar-refractivity contribution in [3.05, 3.63) is 94.8 Å². The van der Waals surface area contributed by atoms with Gasteiger partial charge in [-0.25, -0.2) is 0 Å². The molecule has 0 radical (unpaired) electrons. The molecule has 0 aliphatic carbocycles. The standard InChI is InChI=1S/C21H16ClN3O/c22-17-8-6-16(7-9-17)20(13-19-3-1-2-12-24-19)21(26)25-18-10-4-15(14-23)5-11-18/h1-12,20H,13H2,(H,25,26). The van der Waals surface area contributed by atoms with Gasteiger partial charge in [-0.2, -0.15) is 5.26 Å². The molecule has 0 aliphatic heterocycles. The van der Waals surface area contributed by atoms with E-state index in [1.807, 2.05) is 30.3 Å². The van der Waals surface area contributed by atoms with E-state index < -0.39 is 5.92 Å². The van der Waals surface area contributed by atoms with Gasteiger partial charge in [-0.05, 0) is 54.1 Å². The average Bonchev–Trinajstić information content (AvgIpc) is 2.68. The van der Waals surface area contributed by atoms with Crippen LogP contribution in [0.2, 0.25) is 5.02 Å². The van der Waals surface area contributed by atoms with E-state index in [4.69, 9.17) is 16.9 Å². The lowest BCUT2D eigenvalue weighted by atomic mass is 9.93. The van der Waals surface area contributed by atoms with Gasteiger partial charge in [0.05, 0.1) is 17.6 Å². The van der Waals surface area contributed by atoms with Gasteiger partial charge in [0.15, 0.2) is 0 Å². The first-order valence-electron chi connectivity index (χ1n) is 8.12. The van der Waals surface area contributed by atoms with Crippen molar-refractivity contribution < 1.29 is 4.79 Å². The number of carbonyl (C=O) groups excluding carboxylic acids is 1. The third-order valence-electron chi connectivity index (χ3n) is 4.01. The molecule has 0 saturated carbocycles. The highest BCUT2D eigenvalue weighted by atomic mass is 35.5. The molecule has 1 N–H and O–H groups in total. The Kier molecular flexibility index (Phi) is 5.62. The predicted molar refractivity (Wildman–Crippen MR) is 102 cm³/mol. The molecular formula is C21H16ClN3O. The van der Waals surface area contributed by atoms with Crippen LogP contribution in [-0.4, -0.2) is 10.9 Å². The summed E-state index contributed by atoms with van der Waals surface area (Å²) in [7, 11) is 0. The quantitative estimate of drug-likeness (QED) is 0.723. The highest BCUT2D eigenvalue weighted by Gasteiger charge is 2.22. The van der Waals surface area contributed by atoms with E-state index in [1.165, 1.54) is 0 Å². The second-order valence-corrected chi connectivity index (χ2v) is 6.24. The summed E-state index contributed by atoms with van der Waals surface area (Å²) in [6.45, 7) is 0. The lowest BCUT2D eigenvalue weighted by Crippen LogP contribution is -2.23. The average molecular weight is 362 g/mol. The van der Waals surface area contributed by atoms with E-state index in [1.54, 1.807) is 42.6 Å². The smallest absolute Gasteiger partial charge is 0.232 e. The number of nitriles is 1. The number of rotatable bonds is 5. The monoisotopic (exact) mass is 361 g/mol. The summed E-state index contributed by atoms with van der Waals surface area (Å²) >= 11 is 5.98. The number of nitrogens with zero attached hydrogens (tertiary/aromatic N) is 2. The van der Waals surface area contributed by atoms with Gasteiger partial charge in [0.1, 0.15) is 0 Å². The molecule has 1 atom stereocenters. The van der Waals surface area contributed by atoms with Crippen LogP contribution in [0.1, 0.15) is 22.7 Å². The van der Waals surface area contributed by atoms with Gasteiger partial charge in [-0.1, -0.05) is 29.8 Å². The van der Waals surface area contributed by atoms with E-state index >= 15 is 0 Å². The molecule has 1 aromatic heterocycles. The van der Waals surface area contributed by atoms with Gasteiger partial charge < -0.3 is 5.32 Å². The number of anilines is 1. The number of pyridine rings is 1. The first-order valence-corrected chi connectivity index (χ1v) is 8.50. The van der Waals surface area contributed by atoms with Gasteiger partial charge >= 0.3 is 0 Å². The number of halogens is 1. The maximum Gasteiger partial charge on any atom is 0.232 e. The SMILES string of the molecule is N#Cc1ccc(NC(=O)C(Cc2ccccn2)c2ccc(Cl)cc2)cc1. The summed E-state index contributed by atoms with van der Waals surface area (Å²) in [5.74, 6) is -0.541. The molecule has 1 amide bonds. The van der Waals surface area contributed by atoms with Crippen LogP contribution in [0.25, 0.3) is 0 Å². The fourth-order valence-electron chi connectivity index (χ4n) is 2.64. The van der Waals surface area contributed by atoms with Crippen LogP contribution >= 0.6 is 11.6 Å². The predicted octanol–water partition coefficient (Wildman–Crippen LogP) is 4.57. The van der Waals surface area contributed by atoms with Crippen molar-refractivity contribution in [1.82, 2.24) is 4.98 Å². The Labute approximate surface area is 157 Å². The van der Waals surface area contributed by atoms with E-state index in [-0.39, 0.29) is 5.91 Å². The van der Waals surface area contributed by atoms with Crippen LogP contribution in [0.5, 0.6) is 0 Å². The van der Waals surface area contributed by atoms with Crippen LogP contribution in [0.4, 0.5) is 5.69 Å². The zero-order valence-corrected chi connectivity index (χ0v) is 14.6. The molecule has 0 saturated heterocycles. The molecule has 0 spiro atoms. The third-order valence-corrected chi connectivity index (χ3v) is 4.26. The Bertz CT molecular complexity index is 916. The summed E-state index contributed by atoms with van der Waals surface area (Å²) in [4.78, 5) is 17.3. The fourth-order valence-corrected chi connectivity index (χ4v) is 2.77. The normalized spacial score (nSPS) is 11.4. The molecule has 128 valence electrons. The van der Waals surface area contributed by atoms with Crippen molar-refractivity contribution >= 4 is 23.2 Å². The Morgan fingerprint density at radius 1 is 1.08 bits per heavy atom. The molecule has 0 bridgehead atoms. The van der Waals surface area contributed by atoms with Crippen molar-refractivity contribution in [2.75, 3.05) is 5.32 Å². The number of carbonyl (C=O) groups is 1. The molecule has 3 rings (SSSR count). The molecule has 1 heterocycles. The molecule has 5 heteroatoms. The summed E-state index contributed by atoms with van der Waals surface area (Å²) in [6.07, 6.45) is 2.19. The van der Waals surface area contributed by atoms with Crippen LogP contribution in [-0.2, 0) is 11.2 Å². The summed E-state index contributed by atoms with van der Waals surface area (Å²) in [6, 6.07) is 21.8. The molecule has 4 nitrogen and oxygen atoms in total. The van der Waals surface area contributed by atoms with Gasteiger partial charge in [0, 0.05) is 29.0 Å². The molecular weight excluding hydrogens is 346 g/mol. The molecule has 3 aromatic rings. The minimum absolute atomic E-state index is 0.136. The molecule has 1 unspecified atom stereocenters. The molecule has 26 heavy (non-hydrogen) atoms. The van der Waals surface area contributed by atoms with Gasteiger partial charge in [-0.3, -0.25) is 9.78 Å². The van der Waals surface area contributed by atoms with Crippen molar-refractivity contribution in [2.24, 2.45) is 0 Å². The van der Waals surface area contributed by atoms with Crippen LogP contribution < -0.4 is 5.32 Å². The molecule has 2 aromatic carbocycles. The first kappa shape index (κ1) is 17.7. The Hall–Kier alpha value is -3.16. The van der Waals surface area contributed by atoms with Crippen molar-refractivity contribution in [2.45, 2.75) is 12.3 Å². The van der Waals surface area contributed by atoms with Crippen molar-refractivity contribution in [1.29, 1.82) is 5.26 Å². The van der Waals surface area contributed by atoms with Crippen LogP contribution in [0.3, 0.4) is 0 Å². The Morgan fingerprint density at radius 2 is 1.81 bits per heavy atom. The fraction of sp³-hybridized carbons (Fsp3) is 0.0952. The Morgan fingerprint density at radius 3 is 2.42 bits per heavy atom. The lowest BCUT2D eigenvalue weighted by molar-refractivity contribution is -0.117. The minimum atomic E-state index is -0.405. The van der Waals surface area contributed by atoms with E-state index in [0.29, 0.717) is 22.7 Å². The maximum absolute atomic E-state index is 12.9. The molecule has 0 aliphatic rings. The van der Waals surface area contributed by atoms with Gasteiger partial charge in [0.25, 0.3) is 0 Å². The first-order chi connectivity index (χ1) is 12.7. The van der Waals surface area contributed by atoms with Crippen molar-refractivity contribution in [3.63, 3.8) is 0 Å². The molecule has 0 fully saturated rings. The van der Waals surface area contributed by atoms with E-state index in [0.717, 1.165) is 11.3 Å². The largest absolute Gasteiger partial charge is 0.326 e.